The van der Waals surface area contributed by atoms with E-state index in [4.69, 9.17) is 11.6 Å². The van der Waals surface area contributed by atoms with Crippen LogP contribution in [-0.2, 0) is 5.41 Å². The number of hydrogen-bond acceptors (Lipinski definition) is 6. The van der Waals surface area contributed by atoms with E-state index in [-0.39, 0.29) is 47.7 Å². The second-order valence-corrected chi connectivity index (χ2v) is 11.2. The van der Waals surface area contributed by atoms with E-state index in [0.29, 0.717) is 16.8 Å². The van der Waals surface area contributed by atoms with Crippen LogP contribution in [0.4, 0.5) is 15.0 Å². The first-order valence-electron chi connectivity index (χ1n) is 12.4. The number of carboxylic acid groups (broad SMARTS) is 1. The zero-order valence-corrected chi connectivity index (χ0v) is 23.2. The number of rotatable bonds is 4. The standard InChI is InChI=1S/C27H32ClFN6O3/c1-8-16-13-33(26(37)38)11-12-34(16)23-17-18(27(5,6)7)19(29)22(28)31-24(17)35(25(36)32-23)21-15(4)9-10-30-20(21)14(2)3/h8-10,14,16H,1,11-13H2,2-7H3,(H,37,38). The first kappa shape index (κ1) is 27.5. The van der Waals surface area contributed by atoms with Gasteiger partial charge in [-0.25, -0.2) is 23.5 Å². The molecule has 11 heteroatoms. The number of nitrogens with zero attached hydrogens (tertiary/aromatic N) is 6. The quantitative estimate of drug-likeness (QED) is 0.363. The average Bonchev–Trinajstić information content (AvgIpc) is 2.83. The van der Waals surface area contributed by atoms with Gasteiger partial charge < -0.3 is 14.9 Å². The number of fused-ring (bicyclic) bond motifs is 1. The Morgan fingerprint density at radius 3 is 2.55 bits per heavy atom. The van der Waals surface area contributed by atoms with Gasteiger partial charge in [0.05, 0.1) is 22.8 Å². The van der Waals surface area contributed by atoms with Crippen LogP contribution in [0.1, 0.15) is 57.4 Å². The minimum Gasteiger partial charge on any atom is -0.465 e. The Hall–Kier alpha value is -3.53. The highest BCUT2D eigenvalue weighted by Crippen LogP contribution is 2.40. The number of piperazine rings is 1. The van der Waals surface area contributed by atoms with Crippen LogP contribution in [0.15, 0.2) is 29.7 Å². The lowest BCUT2D eigenvalue weighted by atomic mass is 9.84. The zero-order valence-electron chi connectivity index (χ0n) is 22.4. The molecule has 1 N–H and O–H groups in total. The van der Waals surface area contributed by atoms with Crippen molar-refractivity contribution in [2.45, 2.75) is 58.9 Å². The van der Waals surface area contributed by atoms with Crippen molar-refractivity contribution >= 4 is 34.5 Å². The lowest BCUT2D eigenvalue weighted by Gasteiger charge is -2.40. The van der Waals surface area contributed by atoms with Crippen molar-refractivity contribution in [2.75, 3.05) is 24.5 Å². The first-order valence-corrected chi connectivity index (χ1v) is 12.8. The van der Waals surface area contributed by atoms with Crippen LogP contribution >= 0.6 is 11.6 Å². The molecule has 4 heterocycles. The predicted octanol–water partition coefficient (Wildman–Crippen LogP) is 5.05. The monoisotopic (exact) mass is 542 g/mol. The van der Waals surface area contributed by atoms with Gasteiger partial charge in [-0.05, 0) is 29.9 Å². The number of halogens is 2. The number of carbonyl (C=O) groups is 1. The van der Waals surface area contributed by atoms with Crippen molar-refractivity contribution in [3.63, 3.8) is 0 Å². The molecule has 1 aliphatic rings. The minimum atomic E-state index is -1.05. The van der Waals surface area contributed by atoms with Gasteiger partial charge in [0.2, 0.25) is 0 Å². The Morgan fingerprint density at radius 1 is 1.29 bits per heavy atom. The molecule has 1 saturated heterocycles. The summed E-state index contributed by atoms with van der Waals surface area (Å²) >= 11 is 6.36. The fourth-order valence-electron chi connectivity index (χ4n) is 5.03. The Balaban J connectivity index is 2.17. The van der Waals surface area contributed by atoms with Gasteiger partial charge in [-0.1, -0.05) is 52.3 Å². The van der Waals surface area contributed by atoms with Crippen LogP contribution in [0.2, 0.25) is 5.15 Å². The molecule has 1 fully saturated rings. The van der Waals surface area contributed by atoms with Crippen molar-refractivity contribution < 1.29 is 14.3 Å². The topological polar surface area (TPSA) is 104 Å². The molecular formula is C27H32ClFN6O3. The number of hydrogen-bond donors (Lipinski definition) is 1. The van der Waals surface area contributed by atoms with Gasteiger partial charge in [0.15, 0.2) is 16.6 Å². The fourth-order valence-corrected chi connectivity index (χ4v) is 5.20. The number of aromatic nitrogens is 4. The number of aryl methyl sites for hydroxylation is 1. The molecule has 0 aliphatic carbocycles. The highest BCUT2D eigenvalue weighted by atomic mass is 35.5. The number of pyridine rings is 2. The van der Waals surface area contributed by atoms with E-state index >= 15 is 4.39 Å². The minimum absolute atomic E-state index is 0.0289. The lowest BCUT2D eigenvalue weighted by molar-refractivity contribution is 0.138. The highest BCUT2D eigenvalue weighted by molar-refractivity contribution is 6.30. The van der Waals surface area contributed by atoms with Gasteiger partial charge in [-0.2, -0.15) is 4.98 Å². The van der Waals surface area contributed by atoms with Gasteiger partial charge in [-0.15, -0.1) is 6.58 Å². The first-order chi connectivity index (χ1) is 17.8. The molecule has 0 aromatic carbocycles. The molecule has 4 rings (SSSR count). The number of amides is 1. The molecule has 1 unspecified atom stereocenters. The molecule has 3 aromatic heterocycles. The van der Waals surface area contributed by atoms with E-state index in [2.05, 4.69) is 21.5 Å². The molecule has 1 amide bonds. The SMILES string of the molecule is C=CC1CN(C(=O)O)CCN1c1nc(=O)n(-c2c(C)ccnc2C(C)C)c2nc(Cl)c(F)c(C(C)(C)C)c12. The normalized spacial score (nSPS) is 16.4. The fraction of sp³-hybridized carbons (Fsp3) is 0.444. The molecule has 1 atom stereocenters. The third-order valence-corrected chi connectivity index (χ3v) is 7.06. The maximum absolute atomic E-state index is 15.8. The second-order valence-electron chi connectivity index (χ2n) is 10.8. The van der Waals surface area contributed by atoms with Crippen LogP contribution in [0, 0.1) is 12.7 Å². The van der Waals surface area contributed by atoms with E-state index in [1.54, 1.807) is 23.2 Å². The summed E-state index contributed by atoms with van der Waals surface area (Å²) in [6.07, 6.45) is 2.24. The summed E-state index contributed by atoms with van der Waals surface area (Å²) < 4.78 is 17.2. The van der Waals surface area contributed by atoms with Crippen molar-refractivity contribution in [1.82, 2.24) is 24.4 Å². The van der Waals surface area contributed by atoms with E-state index in [1.165, 1.54) is 9.47 Å². The third-order valence-electron chi connectivity index (χ3n) is 6.81. The lowest BCUT2D eigenvalue weighted by Crippen LogP contribution is -2.54. The van der Waals surface area contributed by atoms with Gasteiger partial charge in [0, 0.05) is 31.4 Å². The van der Waals surface area contributed by atoms with E-state index in [9.17, 15) is 14.7 Å². The van der Waals surface area contributed by atoms with Crippen LogP contribution < -0.4 is 10.6 Å². The largest absolute Gasteiger partial charge is 0.465 e. The Kier molecular flexibility index (Phi) is 7.22. The van der Waals surface area contributed by atoms with E-state index in [0.717, 1.165) is 5.56 Å². The van der Waals surface area contributed by atoms with Crippen molar-refractivity contribution in [3.8, 4) is 5.69 Å². The second kappa shape index (κ2) is 9.98. The Bertz CT molecular complexity index is 1500. The molecule has 0 radical (unpaired) electrons. The number of anilines is 1. The molecule has 3 aromatic rings. The van der Waals surface area contributed by atoms with Gasteiger partial charge in [0.1, 0.15) is 5.82 Å². The highest BCUT2D eigenvalue weighted by Gasteiger charge is 2.35. The van der Waals surface area contributed by atoms with Crippen molar-refractivity contribution in [1.29, 1.82) is 0 Å². The summed E-state index contributed by atoms with van der Waals surface area (Å²) in [5.74, 6) is -0.498. The van der Waals surface area contributed by atoms with Gasteiger partial charge in [0.25, 0.3) is 0 Å². The van der Waals surface area contributed by atoms with E-state index in [1.807, 2.05) is 41.5 Å². The molecule has 9 nitrogen and oxygen atoms in total. The third kappa shape index (κ3) is 4.62. The molecule has 38 heavy (non-hydrogen) atoms. The van der Waals surface area contributed by atoms with Crippen LogP contribution in [-0.4, -0.2) is 61.3 Å². The maximum Gasteiger partial charge on any atom is 0.407 e. The van der Waals surface area contributed by atoms with Crippen LogP contribution in [0.5, 0.6) is 0 Å². The molecule has 0 spiro atoms. The summed E-state index contributed by atoms with van der Waals surface area (Å²) in [6.45, 7) is 15.8. The molecule has 1 aliphatic heterocycles. The maximum atomic E-state index is 15.8. The Labute approximate surface area is 225 Å². The summed E-state index contributed by atoms with van der Waals surface area (Å²) in [4.78, 5) is 42.0. The predicted molar refractivity (Wildman–Crippen MR) is 146 cm³/mol. The zero-order chi connectivity index (χ0) is 28.1. The smallest absolute Gasteiger partial charge is 0.407 e. The summed E-state index contributed by atoms with van der Waals surface area (Å²) in [5, 5.41) is 9.51. The summed E-state index contributed by atoms with van der Waals surface area (Å²) in [7, 11) is 0. The molecule has 0 bridgehead atoms. The summed E-state index contributed by atoms with van der Waals surface area (Å²) in [6, 6.07) is 1.30. The average molecular weight is 543 g/mol. The van der Waals surface area contributed by atoms with Gasteiger partial charge in [-0.3, -0.25) is 4.98 Å². The van der Waals surface area contributed by atoms with E-state index < -0.39 is 29.1 Å². The molecule has 202 valence electrons. The molecular weight excluding hydrogens is 511 g/mol. The van der Waals surface area contributed by atoms with Gasteiger partial charge >= 0.3 is 11.8 Å². The van der Waals surface area contributed by atoms with Crippen molar-refractivity contribution in [2.24, 2.45) is 0 Å². The summed E-state index contributed by atoms with van der Waals surface area (Å²) in [5.41, 5.74) is 1.04. The molecule has 0 saturated carbocycles. The van der Waals surface area contributed by atoms with Crippen LogP contribution in [0.25, 0.3) is 16.7 Å². The Morgan fingerprint density at radius 2 is 1.97 bits per heavy atom. The van der Waals surface area contributed by atoms with Crippen molar-refractivity contribution in [3.05, 3.63) is 63.2 Å². The van der Waals surface area contributed by atoms with Crippen LogP contribution in [0.3, 0.4) is 0 Å².